The van der Waals surface area contributed by atoms with E-state index in [1.54, 1.807) is 0 Å². The van der Waals surface area contributed by atoms with Crippen LogP contribution in [-0.2, 0) is 41.9 Å². The molecule has 4 aromatic rings. The molecule has 3 amide bonds. The second-order valence-electron chi connectivity index (χ2n) is 19.0. The van der Waals surface area contributed by atoms with Gasteiger partial charge in [0, 0.05) is 74.6 Å². The van der Waals surface area contributed by atoms with Gasteiger partial charge in [-0.15, -0.1) is 0 Å². The van der Waals surface area contributed by atoms with E-state index in [1.807, 2.05) is 29.2 Å². The van der Waals surface area contributed by atoms with Gasteiger partial charge in [-0.05, 0) is 101 Å². The van der Waals surface area contributed by atoms with Crippen molar-refractivity contribution < 1.29 is 50.2 Å². The lowest BCUT2D eigenvalue weighted by Crippen LogP contribution is -2.52. The number of piperidine rings is 3. The molecule has 5 heterocycles. The van der Waals surface area contributed by atoms with Gasteiger partial charge in [0.05, 0.1) is 46.6 Å². The molecular weight excluding hydrogens is 923 g/mol. The number of rotatable bonds is 14. The van der Waals surface area contributed by atoms with Crippen LogP contribution in [0.1, 0.15) is 87.8 Å². The fourth-order valence-corrected chi connectivity index (χ4v) is 10.6. The van der Waals surface area contributed by atoms with E-state index in [9.17, 15) is 41.1 Å². The minimum atomic E-state index is -4.83. The van der Waals surface area contributed by atoms with Crippen LogP contribution in [-0.4, -0.2) is 118 Å². The number of benzene rings is 2. The first-order valence-electron chi connectivity index (χ1n) is 23.1. The number of alkyl halides is 3. The number of carbonyl (C=O) groups is 3. The summed E-state index contributed by atoms with van der Waals surface area (Å²) in [5.41, 5.74) is -1.54. The van der Waals surface area contributed by atoms with E-state index < -0.39 is 44.9 Å². The number of amides is 3. The highest BCUT2D eigenvalue weighted by Crippen LogP contribution is 2.37. The molecule has 1 aliphatic carbocycles. The molecule has 4 fully saturated rings. The number of nitrogens with zero attached hydrogens (tertiary/aromatic N) is 6. The van der Waals surface area contributed by atoms with Crippen LogP contribution in [0.15, 0.2) is 66.0 Å². The number of hydrogen-bond donors (Lipinski definition) is 4. The van der Waals surface area contributed by atoms with Gasteiger partial charge in [-0.2, -0.15) is 18.3 Å². The van der Waals surface area contributed by atoms with Crippen molar-refractivity contribution in [3.05, 3.63) is 83.6 Å². The summed E-state index contributed by atoms with van der Waals surface area (Å²) in [5.74, 6) is 4.10. The van der Waals surface area contributed by atoms with E-state index in [0.717, 1.165) is 80.8 Å². The Balaban J connectivity index is 0.744. The normalized spacial score (nSPS) is 21.0. The van der Waals surface area contributed by atoms with Gasteiger partial charge < -0.3 is 25.0 Å². The van der Waals surface area contributed by atoms with E-state index in [2.05, 4.69) is 47.2 Å². The third kappa shape index (κ3) is 12.7. The number of anilines is 2. The molecular formula is C48H55F4N9O7S. The molecule has 16 nitrogen and oxygen atoms in total. The Kier molecular flexibility index (Phi) is 14.9. The Labute approximate surface area is 397 Å². The highest BCUT2D eigenvalue weighted by molar-refractivity contribution is 7.89. The SMILES string of the molecule is CC(C)(O)Cn1cc(-c2nc(Nc3ccc(S(=O)(=O)NC4CC(C(=O)N5CCC(CN6CCC(OCC#Cc7cccc(C8CCC(=O)NC8=O)c7)CC6)CC5)C4)cc3F)ncc2C(F)(F)F)cn1. The summed E-state index contributed by atoms with van der Waals surface area (Å²) < 4.78 is 93.6. The highest BCUT2D eigenvalue weighted by atomic mass is 32.2. The maximum Gasteiger partial charge on any atom is 0.419 e. The molecule has 4 aliphatic rings. The lowest BCUT2D eigenvalue weighted by Gasteiger charge is -2.41. The van der Waals surface area contributed by atoms with Gasteiger partial charge in [0.1, 0.15) is 18.0 Å². The average molecular weight is 978 g/mol. The van der Waals surface area contributed by atoms with Crippen LogP contribution >= 0.6 is 0 Å². The van der Waals surface area contributed by atoms with E-state index in [0.29, 0.717) is 57.5 Å². The van der Waals surface area contributed by atoms with Crippen molar-refractivity contribution >= 4 is 39.4 Å². The van der Waals surface area contributed by atoms with Gasteiger partial charge in [-0.25, -0.2) is 27.5 Å². The Morgan fingerprint density at radius 2 is 1.75 bits per heavy atom. The van der Waals surface area contributed by atoms with Crippen molar-refractivity contribution in [1.82, 2.24) is 39.6 Å². The summed E-state index contributed by atoms with van der Waals surface area (Å²) in [7, 11) is -4.19. The molecule has 0 bridgehead atoms. The number of imide groups is 1. The molecule has 21 heteroatoms. The first-order chi connectivity index (χ1) is 32.8. The summed E-state index contributed by atoms with van der Waals surface area (Å²) in [6.07, 6.45) is 3.28. The molecule has 3 saturated heterocycles. The van der Waals surface area contributed by atoms with Crippen molar-refractivity contribution in [1.29, 1.82) is 0 Å². The first kappa shape index (κ1) is 49.6. The van der Waals surface area contributed by atoms with Gasteiger partial charge in [0.2, 0.25) is 33.7 Å². The minimum absolute atomic E-state index is 0.00371. The summed E-state index contributed by atoms with van der Waals surface area (Å²) in [4.78, 5) is 48.9. The van der Waals surface area contributed by atoms with Crippen LogP contribution in [0.5, 0.6) is 0 Å². The third-order valence-corrected chi connectivity index (χ3v) is 14.5. The van der Waals surface area contributed by atoms with Gasteiger partial charge >= 0.3 is 6.18 Å². The number of likely N-dealkylation sites (tertiary alicyclic amines) is 2. The van der Waals surface area contributed by atoms with E-state index >= 15 is 4.39 Å². The molecule has 1 atom stereocenters. The molecule has 3 aliphatic heterocycles. The Hall–Kier alpha value is -5.79. The average Bonchev–Trinajstić information content (AvgIpc) is 3.74. The van der Waals surface area contributed by atoms with E-state index in [4.69, 9.17) is 4.74 Å². The number of nitrogens with one attached hydrogen (secondary N) is 3. The van der Waals surface area contributed by atoms with Gasteiger partial charge in [-0.3, -0.25) is 24.4 Å². The zero-order valence-corrected chi connectivity index (χ0v) is 39.1. The van der Waals surface area contributed by atoms with Gasteiger partial charge in [0.15, 0.2) is 0 Å². The fourth-order valence-electron chi connectivity index (χ4n) is 9.29. The number of ether oxygens (including phenoxy) is 1. The summed E-state index contributed by atoms with van der Waals surface area (Å²) in [5, 5.41) is 19.1. The lowest BCUT2D eigenvalue weighted by atomic mass is 9.79. The first-order valence-corrected chi connectivity index (χ1v) is 24.6. The number of halogens is 4. The van der Waals surface area contributed by atoms with Crippen molar-refractivity contribution in [2.24, 2.45) is 11.8 Å². The maximum absolute atomic E-state index is 15.4. The summed E-state index contributed by atoms with van der Waals surface area (Å²) in [6.45, 7) is 7.39. The van der Waals surface area contributed by atoms with Crippen molar-refractivity contribution in [2.45, 2.75) is 106 Å². The number of hydrogen-bond acceptors (Lipinski definition) is 12. The predicted octanol–water partition coefficient (Wildman–Crippen LogP) is 5.36. The summed E-state index contributed by atoms with van der Waals surface area (Å²) in [6, 6.07) is 10.1. The zero-order chi connectivity index (χ0) is 49.1. The molecule has 0 spiro atoms. The number of sulfonamides is 1. The standard InChI is InChI=1S/C48H55F4N9O7S/c1-47(2,65)29-61-28-34(25-54-61)43-39(48(50,51)52)26-53-46(57-43)55-41-10-8-37(24-40(41)49)69(66,67)58-35-22-33(23-35)45(64)60-18-12-31(13-19-60)27-59-16-14-36(15-17-59)68-20-4-6-30-5-3-7-32(21-30)38-9-11-42(62)56-44(38)63/h3,5,7-8,10,21,24-26,28,31,33,35-36,38,58,65H,9,11-20,22-23,27,29H2,1-2H3,(H,53,55,57)(H,56,62,63). The number of aliphatic hydroxyl groups is 1. The second-order valence-corrected chi connectivity index (χ2v) is 20.7. The highest BCUT2D eigenvalue weighted by Gasteiger charge is 2.40. The molecule has 8 rings (SSSR count). The predicted molar refractivity (Wildman–Crippen MR) is 244 cm³/mol. The monoisotopic (exact) mass is 977 g/mol. The molecule has 1 saturated carbocycles. The van der Waals surface area contributed by atoms with Crippen LogP contribution in [0.3, 0.4) is 0 Å². The lowest BCUT2D eigenvalue weighted by molar-refractivity contribution is -0.140. The van der Waals surface area contributed by atoms with Crippen LogP contribution in [0, 0.1) is 29.5 Å². The smallest absolute Gasteiger partial charge is 0.389 e. The Bertz CT molecular complexity index is 2710. The maximum atomic E-state index is 15.4. The van der Waals surface area contributed by atoms with Gasteiger partial charge in [-0.1, -0.05) is 24.0 Å². The topological polar surface area (TPSA) is 201 Å². The van der Waals surface area contributed by atoms with E-state index in [1.165, 1.54) is 24.7 Å². The van der Waals surface area contributed by atoms with Crippen molar-refractivity contribution in [2.75, 3.05) is 44.6 Å². The molecule has 69 heavy (non-hydrogen) atoms. The van der Waals surface area contributed by atoms with Crippen LogP contribution in [0.4, 0.5) is 29.2 Å². The number of carbonyl (C=O) groups excluding carboxylic acids is 3. The quantitative estimate of drug-likeness (QED) is 0.0718. The Morgan fingerprint density at radius 1 is 1.00 bits per heavy atom. The molecule has 368 valence electrons. The molecule has 0 radical (unpaired) electrons. The van der Waals surface area contributed by atoms with Crippen molar-refractivity contribution in [3.8, 4) is 23.1 Å². The molecule has 2 aromatic carbocycles. The van der Waals surface area contributed by atoms with Gasteiger partial charge in [0.25, 0.3) is 0 Å². The molecule has 2 aromatic heterocycles. The third-order valence-electron chi connectivity index (χ3n) is 13.0. The molecule has 4 N–H and O–H groups in total. The summed E-state index contributed by atoms with van der Waals surface area (Å²) >= 11 is 0. The minimum Gasteiger partial charge on any atom is -0.389 e. The van der Waals surface area contributed by atoms with E-state index in [-0.39, 0.29) is 64.3 Å². The Morgan fingerprint density at radius 3 is 2.45 bits per heavy atom. The van der Waals surface area contributed by atoms with Crippen LogP contribution in [0.25, 0.3) is 11.3 Å². The zero-order valence-electron chi connectivity index (χ0n) is 38.3. The second kappa shape index (κ2) is 20.7. The fraction of sp³-hybridized carbons (Fsp3) is 0.500. The largest absolute Gasteiger partial charge is 0.419 e. The van der Waals surface area contributed by atoms with Crippen molar-refractivity contribution in [3.63, 3.8) is 0 Å². The van der Waals surface area contributed by atoms with Crippen LogP contribution in [0.2, 0.25) is 0 Å². The number of aromatic nitrogens is 4. The van der Waals surface area contributed by atoms with Crippen LogP contribution < -0.4 is 15.4 Å². The molecule has 1 unspecified atom stereocenters.